The molecule has 142 valence electrons. The Morgan fingerprint density at radius 3 is 2.64 bits per heavy atom. The molecule has 0 radical (unpaired) electrons. The molecule has 0 spiro atoms. The second-order valence-corrected chi connectivity index (χ2v) is 9.21. The van der Waals surface area contributed by atoms with E-state index < -0.39 is 0 Å². The highest BCUT2D eigenvalue weighted by Gasteiger charge is 2.31. The van der Waals surface area contributed by atoms with Gasteiger partial charge in [0.2, 0.25) is 11.8 Å². The molecule has 1 saturated carbocycles. The van der Waals surface area contributed by atoms with Crippen molar-refractivity contribution in [2.24, 2.45) is 0 Å². The van der Waals surface area contributed by atoms with E-state index in [1.165, 1.54) is 18.4 Å². The van der Waals surface area contributed by atoms with Crippen molar-refractivity contribution < 1.29 is 4.42 Å². The molecule has 6 nitrogen and oxygen atoms in total. The number of benzene rings is 1. The van der Waals surface area contributed by atoms with E-state index in [1.54, 1.807) is 23.1 Å². The number of aromatic nitrogens is 5. The Morgan fingerprint density at radius 1 is 1.11 bits per heavy atom. The summed E-state index contributed by atoms with van der Waals surface area (Å²) < 4.78 is 8.21. The average molecular weight is 410 g/mol. The van der Waals surface area contributed by atoms with Gasteiger partial charge in [0.1, 0.15) is 0 Å². The molecule has 0 aliphatic heterocycles. The number of thioether (sulfide) groups is 1. The molecular weight excluding hydrogens is 390 g/mol. The predicted molar refractivity (Wildman–Crippen MR) is 110 cm³/mol. The standard InChI is InChI=1S/C20H19N5OS2/c1-12-5-7-14(8-6-12)19-23-22-18(26-19)13(2)28-20-24-21-17(16-4-3-11-27-16)25(20)15-9-10-15/h3-8,11,13,15H,9-10H2,1-2H3/t13-/m1/s1. The zero-order chi connectivity index (χ0) is 19.1. The van der Waals surface area contributed by atoms with Crippen LogP contribution in [0.25, 0.3) is 22.2 Å². The minimum Gasteiger partial charge on any atom is -0.419 e. The largest absolute Gasteiger partial charge is 0.419 e. The number of hydrogen-bond donors (Lipinski definition) is 0. The Hall–Kier alpha value is -2.45. The van der Waals surface area contributed by atoms with Crippen LogP contribution in [-0.4, -0.2) is 25.0 Å². The van der Waals surface area contributed by atoms with Gasteiger partial charge in [0.15, 0.2) is 11.0 Å². The van der Waals surface area contributed by atoms with Gasteiger partial charge in [-0.1, -0.05) is 35.5 Å². The number of rotatable bonds is 6. The molecule has 1 aromatic carbocycles. The van der Waals surface area contributed by atoms with E-state index in [4.69, 9.17) is 4.42 Å². The topological polar surface area (TPSA) is 69.6 Å². The smallest absolute Gasteiger partial charge is 0.247 e. The maximum atomic E-state index is 5.94. The van der Waals surface area contributed by atoms with Crippen molar-refractivity contribution in [3.05, 3.63) is 53.2 Å². The number of hydrogen-bond acceptors (Lipinski definition) is 7. The van der Waals surface area contributed by atoms with Crippen LogP contribution < -0.4 is 0 Å². The fraction of sp³-hybridized carbons (Fsp3) is 0.300. The molecule has 0 N–H and O–H groups in total. The Labute approximate surface area is 171 Å². The third-order valence-corrected chi connectivity index (χ3v) is 6.60. The second kappa shape index (κ2) is 7.18. The van der Waals surface area contributed by atoms with Gasteiger partial charge in [-0.2, -0.15) is 0 Å². The normalized spacial score (nSPS) is 15.1. The van der Waals surface area contributed by atoms with Gasteiger partial charge < -0.3 is 4.42 Å². The van der Waals surface area contributed by atoms with Crippen molar-refractivity contribution in [1.29, 1.82) is 0 Å². The van der Waals surface area contributed by atoms with E-state index in [9.17, 15) is 0 Å². The van der Waals surface area contributed by atoms with Crippen molar-refractivity contribution in [3.63, 3.8) is 0 Å². The SMILES string of the molecule is Cc1ccc(-c2nnc([C@@H](C)Sc3nnc(-c4cccs4)n3C3CC3)o2)cc1. The first-order chi connectivity index (χ1) is 13.7. The van der Waals surface area contributed by atoms with E-state index >= 15 is 0 Å². The summed E-state index contributed by atoms with van der Waals surface area (Å²) in [6, 6.07) is 12.7. The molecule has 8 heteroatoms. The Bertz CT molecular complexity index is 1080. The van der Waals surface area contributed by atoms with Gasteiger partial charge in [0.05, 0.1) is 10.1 Å². The van der Waals surface area contributed by atoms with Crippen LogP contribution in [0.1, 0.15) is 42.5 Å². The van der Waals surface area contributed by atoms with Crippen molar-refractivity contribution in [1.82, 2.24) is 25.0 Å². The van der Waals surface area contributed by atoms with E-state index in [2.05, 4.69) is 50.3 Å². The summed E-state index contributed by atoms with van der Waals surface area (Å²) in [5, 5.41) is 20.4. The molecule has 28 heavy (non-hydrogen) atoms. The predicted octanol–water partition coefficient (Wildman–Crippen LogP) is 5.55. The first kappa shape index (κ1) is 17.6. The van der Waals surface area contributed by atoms with Gasteiger partial charge in [-0.15, -0.1) is 31.7 Å². The van der Waals surface area contributed by atoms with Crippen LogP contribution in [0.4, 0.5) is 0 Å². The summed E-state index contributed by atoms with van der Waals surface area (Å²) in [6.45, 7) is 4.12. The average Bonchev–Trinajstić information content (AvgIpc) is 3.12. The lowest BCUT2D eigenvalue weighted by Crippen LogP contribution is -2.00. The molecule has 3 aromatic heterocycles. The Morgan fingerprint density at radius 2 is 1.93 bits per heavy atom. The molecule has 0 saturated heterocycles. The lowest BCUT2D eigenvalue weighted by Gasteiger charge is -2.10. The minimum absolute atomic E-state index is 0.00964. The van der Waals surface area contributed by atoms with E-state index in [0.29, 0.717) is 17.8 Å². The zero-order valence-electron chi connectivity index (χ0n) is 15.6. The molecule has 4 aromatic rings. The summed E-state index contributed by atoms with van der Waals surface area (Å²) in [7, 11) is 0. The summed E-state index contributed by atoms with van der Waals surface area (Å²) in [5.41, 5.74) is 2.14. The summed E-state index contributed by atoms with van der Waals surface area (Å²) in [6.07, 6.45) is 2.35. The van der Waals surface area contributed by atoms with Crippen LogP contribution in [-0.2, 0) is 0 Å². The maximum Gasteiger partial charge on any atom is 0.247 e. The monoisotopic (exact) mass is 409 g/mol. The third-order valence-electron chi connectivity index (χ3n) is 4.69. The highest BCUT2D eigenvalue weighted by Crippen LogP contribution is 2.44. The first-order valence-electron chi connectivity index (χ1n) is 9.25. The molecule has 1 aliphatic rings. The minimum atomic E-state index is -0.00964. The van der Waals surface area contributed by atoms with Gasteiger partial charge in [-0.3, -0.25) is 4.57 Å². The van der Waals surface area contributed by atoms with Crippen LogP contribution in [0.2, 0.25) is 0 Å². The van der Waals surface area contributed by atoms with Gasteiger partial charge in [0, 0.05) is 11.6 Å². The third kappa shape index (κ3) is 3.38. The molecule has 1 aliphatic carbocycles. The van der Waals surface area contributed by atoms with Crippen LogP contribution >= 0.6 is 23.1 Å². The number of nitrogens with zero attached hydrogens (tertiary/aromatic N) is 5. The van der Waals surface area contributed by atoms with Gasteiger partial charge in [0.25, 0.3) is 0 Å². The molecule has 3 heterocycles. The number of thiophene rings is 1. The summed E-state index contributed by atoms with van der Waals surface area (Å²) in [4.78, 5) is 1.15. The lowest BCUT2D eigenvalue weighted by molar-refractivity contribution is 0.508. The van der Waals surface area contributed by atoms with Crippen LogP contribution in [0, 0.1) is 6.92 Å². The fourth-order valence-corrected chi connectivity index (χ4v) is 4.67. The summed E-state index contributed by atoms with van der Waals surface area (Å²) in [5.74, 6) is 2.10. The zero-order valence-corrected chi connectivity index (χ0v) is 17.2. The van der Waals surface area contributed by atoms with Crippen molar-refractivity contribution in [2.75, 3.05) is 0 Å². The van der Waals surface area contributed by atoms with Crippen molar-refractivity contribution in [3.8, 4) is 22.2 Å². The Balaban J connectivity index is 1.39. The molecule has 0 unspecified atom stereocenters. The molecule has 0 bridgehead atoms. The molecular formula is C20H19N5OS2. The lowest BCUT2D eigenvalue weighted by atomic mass is 10.1. The van der Waals surface area contributed by atoms with E-state index in [1.807, 2.05) is 30.3 Å². The quantitative estimate of drug-likeness (QED) is 0.389. The molecule has 0 amide bonds. The van der Waals surface area contributed by atoms with Crippen LogP contribution in [0.3, 0.4) is 0 Å². The molecule has 5 rings (SSSR count). The molecule has 1 fully saturated rings. The molecule has 1 atom stereocenters. The fourth-order valence-electron chi connectivity index (χ4n) is 3.01. The first-order valence-corrected chi connectivity index (χ1v) is 11.0. The van der Waals surface area contributed by atoms with Crippen molar-refractivity contribution >= 4 is 23.1 Å². The Kier molecular flexibility index (Phi) is 4.52. The number of aryl methyl sites for hydroxylation is 1. The van der Waals surface area contributed by atoms with Gasteiger partial charge >= 0.3 is 0 Å². The van der Waals surface area contributed by atoms with E-state index in [-0.39, 0.29) is 5.25 Å². The maximum absolute atomic E-state index is 5.94. The van der Waals surface area contributed by atoms with Gasteiger partial charge in [-0.05, 0) is 50.3 Å². The van der Waals surface area contributed by atoms with Crippen LogP contribution in [0.5, 0.6) is 0 Å². The highest BCUT2D eigenvalue weighted by atomic mass is 32.2. The van der Waals surface area contributed by atoms with Crippen molar-refractivity contribution in [2.45, 2.75) is 43.1 Å². The van der Waals surface area contributed by atoms with Gasteiger partial charge in [-0.25, -0.2) is 0 Å². The second-order valence-electron chi connectivity index (χ2n) is 6.96. The highest BCUT2D eigenvalue weighted by molar-refractivity contribution is 7.99. The summed E-state index contributed by atoms with van der Waals surface area (Å²) >= 11 is 3.31. The van der Waals surface area contributed by atoms with Crippen LogP contribution in [0.15, 0.2) is 51.4 Å². The van der Waals surface area contributed by atoms with E-state index in [0.717, 1.165) is 21.4 Å².